The van der Waals surface area contributed by atoms with Gasteiger partial charge in [0.25, 0.3) is 5.69 Å². The van der Waals surface area contributed by atoms with Gasteiger partial charge in [-0.25, -0.2) is 4.79 Å². The number of nitrogens with one attached hydrogen (secondary N) is 2. The summed E-state index contributed by atoms with van der Waals surface area (Å²) in [6.07, 6.45) is 0.241. The van der Waals surface area contributed by atoms with E-state index in [2.05, 4.69) is 10.6 Å². The van der Waals surface area contributed by atoms with Gasteiger partial charge in [0.2, 0.25) is 0 Å². The molecule has 0 saturated carbocycles. The van der Waals surface area contributed by atoms with Gasteiger partial charge in [-0.05, 0) is 18.6 Å². The van der Waals surface area contributed by atoms with Crippen LogP contribution in [0.4, 0.5) is 16.2 Å². The average molecular weight is 316 g/mol. The van der Waals surface area contributed by atoms with Gasteiger partial charge in [-0.1, -0.05) is 18.5 Å². The smallest absolute Gasteiger partial charge is 0.319 e. The summed E-state index contributed by atoms with van der Waals surface area (Å²) >= 11 is 5.66. The second kappa shape index (κ2) is 7.44. The van der Waals surface area contributed by atoms with Crippen molar-refractivity contribution >= 4 is 35.0 Å². The molecule has 8 nitrogen and oxygen atoms in total. The first-order valence-corrected chi connectivity index (χ1v) is 6.44. The van der Waals surface area contributed by atoms with Crippen molar-refractivity contribution in [1.82, 2.24) is 5.32 Å². The largest absolute Gasteiger partial charge is 0.481 e. The number of carboxylic acid groups (broad SMARTS) is 1. The van der Waals surface area contributed by atoms with Crippen molar-refractivity contribution in [3.8, 4) is 0 Å². The highest BCUT2D eigenvalue weighted by Gasteiger charge is 2.16. The molecule has 1 aromatic carbocycles. The number of urea groups is 1. The van der Waals surface area contributed by atoms with Crippen molar-refractivity contribution in [2.75, 3.05) is 5.32 Å². The number of carboxylic acids is 1. The monoisotopic (exact) mass is 315 g/mol. The zero-order valence-corrected chi connectivity index (χ0v) is 11.9. The summed E-state index contributed by atoms with van der Waals surface area (Å²) in [6, 6.07) is 2.67. The maximum atomic E-state index is 11.7. The third-order valence-corrected chi connectivity index (χ3v) is 2.97. The lowest BCUT2D eigenvalue weighted by Crippen LogP contribution is -2.38. The number of carbonyl (C=O) groups excluding carboxylic acids is 1. The Bertz CT molecular complexity index is 564. The number of nitrogens with zero attached hydrogens (tertiary/aromatic N) is 1. The first-order valence-electron chi connectivity index (χ1n) is 6.06. The summed E-state index contributed by atoms with van der Waals surface area (Å²) in [5, 5.41) is 24.3. The molecular formula is C12H14ClN3O5. The second-order valence-corrected chi connectivity index (χ2v) is 4.63. The predicted molar refractivity (Wildman–Crippen MR) is 76.6 cm³/mol. The van der Waals surface area contributed by atoms with Crippen LogP contribution in [0.1, 0.15) is 19.8 Å². The van der Waals surface area contributed by atoms with Crippen LogP contribution in [-0.2, 0) is 4.79 Å². The predicted octanol–water partition coefficient (Wildman–Crippen LogP) is 2.62. The molecular weight excluding hydrogens is 302 g/mol. The topological polar surface area (TPSA) is 122 Å². The van der Waals surface area contributed by atoms with Crippen molar-refractivity contribution in [3.05, 3.63) is 33.3 Å². The summed E-state index contributed by atoms with van der Waals surface area (Å²) < 4.78 is 0. The van der Waals surface area contributed by atoms with Crippen molar-refractivity contribution in [3.63, 3.8) is 0 Å². The highest BCUT2D eigenvalue weighted by Crippen LogP contribution is 2.27. The number of hydrogen-bond donors (Lipinski definition) is 3. The van der Waals surface area contributed by atoms with Crippen LogP contribution in [0.2, 0.25) is 5.02 Å². The van der Waals surface area contributed by atoms with E-state index in [0.717, 1.165) is 6.07 Å². The number of nitro benzene ring substituents is 1. The van der Waals surface area contributed by atoms with Gasteiger partial charge >= 0.3 is 12.0 Å². The molecule has 0 radical (unpaired) electrons. The van der Waals surface area contributed by atoms with Crippen LogP contribution < -0.4 is 10.6 Å². The Balaban J connectivity index is 2.72. The van der Waals surface area contributed by atoms with E-state index in [0.29, 0.717) is 6.42 Å². The number of benzene rings is 1. The Hall–Kier alpha value is -2.35. The third-order valence-electron chi connectivity index (χ3n) is 2.65. The van der Waals surface area contributed by atoms with Gasteiger partial charge in [0.1, 0.15) is 5.02 Å². The molecule has 3 N–H and O–H groups in total. The zero-order chi connectivity index (χ0) is 16.0. The summed E-state index contributed by atoms with van der Waals surface area (Å²) in [5.74, 6) is -1.02. The Labute approximate surface area is 125 Å². The maximum absolute atomic E-state index is 11.7. The third kappa shape index (κ3) is 5.27. The Kier molecular flexibility index (Phi) is 5.92. The highest BCUT2D eigenvalue weighted by atomic mass is 35.5. The molecule has 0 bridgehead atoms. The zero-order valence-electron chi connectivity index (χ0n) is 11.1. The lowest BCUT2D eigenvalue weighted by Gasteiger charge is -2.15. The fourth-order valence-corrected chi connectivity index (χ4v) is 1.78. The van der Waals surface area contributed by atoms with Crippen LogP contribution in [-0.4, -0.2) is 28.1 Å². The normalized spacial score (nSPS) is 11.5. The summed E-state index contributed by atoms with van der Waals surface area (Å²) in [7, 11) is 0. The second-order valence-electron chi connectivity index (χ2n) is 4.22. The average Bonchev–Trinajstić information content (AvgIpc) is 2.39. The van der Waals surface area contributed by atoms with Crippen LogP contribution in [0.5, 0.6) is 0 Å². The first-order chi connectivity index (χ1) is 9.83. The number of amides is 2. The Morgan fingerprint density at radius 2 is 2.14 bits per heavy atom. The van der Waals surface area contributed by atoms with Gasteiger partial charge in [0.15, 0.2) is 0 Å². The van der Waals surface area contributed by atoms with E-state index in [1.807, 2.05) is 0 Å². The minimum atomic E-state index is -1.02. The number of anilines is 1. The molecule has 2 amide bonds. The number of rotatable bonds is 6. The molecule has 0 spiro atoms. The number of carbonyl (C=O) groups is 2. The minimum Gasteiger partial charge on any atom is -0.481 e. The summed E-state index contributed by atoms with van der Waals surface area (Å²) in [4.78, 5) is 32.4. The molecule has 9 heteroatoms. The Morgan fingerprint density at radius 3 is 2.67 bits per heavy atom. The first kappa shape index (κ1) is 16.7. The van der Waals surface area contributed by atoms with Gasteiger partial charge in [-0.3, -0.25) is 14.9 Å². The van der Waals surface area contributed by atoms with E-state index >= 15 is 0 Å². The summed E-state index contributed by atoms with van der Waals surface area (Å²) in [6.45, 7) is 1.74. The fourth-order valence-electron chi connectivity index (χ4n) is 1.59. The molecule has 21 heavy (non-hydrogen) atoms. The van der Waals surface area contributed by atoms with Crippen molar-refractivity contribution < 1.29 is 19.6 Å². The lowest BCUT2D eigenvalue weighted by atomic mass is 10.1. The van der Waals surface area contributed by atoms with Crippen molar-refractivity contribution in [1.29, 1.82) is 0 Å². The van der Waals surface area contributed by atoms with Crippen molar-refractivity contribution in [2.24, 2.45) is 0 Å². The molecule has 0 aliphatic carbocycles. The molecule has 0 saturated heterocycles. The van der Waals surface area contributed by atoms with Gasteiger partial charge in [-0.15, -0.1) is 0 Å². The molecule has 0 heterocycles. The van der Waals surface area contributed by atoms with Gasteiger partial charge in [0, 0.05) is 17.8 Å². The van der Waals surface area contributed by atoms with E-state index in [1.54, 1.807) is 6.92 Å². The number of nitro groups is 1. The molecule has 0 aromatic heterocycles. The van der Waals surface area contributed by atoms with E-state index in [1.165, 1.54) is 12.1 Å². The van der Waals surface area contributed by atoms with Crippen LogP contribution in [0.15, 0.2) is 18.2 Å². The highest BCUT2D eigenvalue weighted by molar-refractivity contribution is 6.32. The van der Waals surface area contributed by atoms with Gasteiger partial charge in [-0.2, -0.15) is 0 Å². The molecule has 1 rings (SSSR count). The summed E-state index contributed by atoms with van der Waals surface area (Å²) in [5.41, 5.74) is -0.138. The molecule has 1 unspecified atom stereocenters. The minimum absolute atomic E-state index is 0.0386. The molecule has 0 fully saturated rings. The lowest BCUT2D eigenvalue weighted by molar-refractivity contribution is -0.384. The maximum Gasteiger partial charge on any atom is 0.319 e. The molecule has 1 atom stereocenters. The molecule has 0 aliphatic rings. The molecule has 114 valence electrons. The molecule has 1 aromatic rings. The van der Waals surface area contributed by atoms with Crippen LogP contribution in [0, 0.1) is 10.1 Å². The standard InChI is InChI=1S/C12H14ClN3O5/c1-2-7(6-11(17)18)14-12(19)15-8-3-4-9(13)10(5-8)16(20)21/h3-5,7H,2,6H2,1H3,(H,17,18)(H2,14,15,19). The van der Waals surface area contributed by atoms with E-state index < -0.39 is 23.0 Å². The quantitative estimate of drug-likeness (QED) is 0.550. The van der Waals surface area contributed by atoms with E-state index in [-0.39, 0.29) is 22.8 Å². The van der Waals surface area contributed by atoms with E-state index in [4.69, 9.17) is 16.7 Å². The van der Waals surface area contributed by atoms with Gasteiger partial charge in [0.05, 0.1) is 11.3 Å². The number of aliphatic carboxylic acids is 1. The van der Waals surface area contributed by atoms with Crippen molar-refractivity contribution in [2.45, 2.75) is 25.8 Å². The van der Waals surface area contributed by atoms with E-state index in [9.17, 15) is 19.7 Å². The van der Waals surface area contributed by atoms with Crippen LogP contribution in [0.25, 0.3) is 0 Å². The van der Waals surface area contributed by atoms with Gasteiger partial charge < -0.3 is 15.7 Å². The molecule has 0 aliphatic heterocycles. The Morgan fingerprint density at radius 1 is 1.48 bits per heavy atom. The number of hydrogen-bond acceptors (Lipinski definition) is 4. The van der Waals surface area contributed by atoms with Crippen LogP contribution >= 0.6 is 11.6 Å². The fraction of sp³-hybridized carbons (Fsp3) is 0.333. The van der Waals surface area contributed by atoms with Crippen LogP contribution in [0.3, 0.4) is 0 Å². The SMILES string of the molecule is CCC(CC(=O)O)NC(=O)Nc1ccc(Cl)c([N+](=O)[O-])c1. The number of halogens is 1.